The molecule has 2 aromatic carbocycles. The van der Waals surface area contributed by atoms with Crippen molar-refractivity contribution in [2.45, 2.75) is 56.8 Å². The lowest BCUT2D eigenvalue weighted by Crippen LogP contribution is -2.55. The molecule has 1 aliphatic rings. The summed E-state index contributed by atoms with van der Waals surface area (Å²) in [5.74, 6) is 0.475. The van der Waals surface area contributed by atoms with Crippen LogP contribution in [0.5, 0.6) is 5.75 Å². The number of halogens is 1. The van der Waals surface area contributed by atoms with E-state index in [0.717, 1.165) is 42.6 Å². The normalized spacial score (nSPS) is 18.6. The molecule has 0 heterocycles. The molecule has 7 nitrogen and oxygen atoms in total. The number of hydrogen-bond acceptors (Lipinski definition) is 5. The van der Waals surface area contributed by atoms with Gasteiger partial charge in [0.05, 0.1) is 7.11 Å². The first kappa shape index (κ1) is 25.5. The van der Waals surface area contributed by atoms with Crippen molar-refractivity contribution >= 4 is 24.4 Å². The molecular weight excluding hydrogens is 430 g/mol. The molecule has 0 radical (unpaired) electrons. The largest absolute Gasteiger partial charge is 0.497 e. The molecular formula is C24H32ClN3O4. The second kappa shape index (κ2) is 12.9. The first-order valence-corrected chi connectivity index (χ1v) is 10.7. The molecule has 4 N–H and O–H groups in total. The zero-order valence-electron chi connectivity index (χ0n) is 18.3. The van der Waals surface area contributed by atoms with E-state index < -0.39 is 12.1 Å². The molecule has 1 saturated carbocycles. The summed E-state index contributed by atoms with van der Waals surface area (Å²) >= 11 is 0. The number of alkyl carbamates (subject to hydrolysis) is 1. The Morgan fingerprint density at radius 1 is 1.03 bits per heavy atom. The highest BCUT2D eigenvalue weighted by atomic mass is 35.5. The quantitative estimate of drug-likeness (QED) is 0.559. The van der Waals surface area contributed by atoms with Crippen LogP contribution >= 0.6 is 12.4 Å². The number of methoxy groups -OCH3 is 1. The van der Waals surface area contributed by atoms with Crippen LogP contribution < -0.4 is 21.1 Å². The van der Waals surface area contributed by atoms with Gasteiger partial charge in [0.25, 0.3) is 0 Å². The van der Waals surface area contributed by atoms with Gasteiger partial charge in [0.2, 0.25) is 5.91 Å². The molecule has 0 saturated heterocycles. The summed E-state index contributed by atoms with van der Waals surface area (Å²) in [6.07, 6.45) is 3.55. The van der Waals surface area contributed by atoms with E-state index in [1.54, 1.807) is 7.11 Å². The number of hydrogen-bond donors (Lipinski definition) is 3. The first-order valence-electron chi connectivity index (χ1n) is 10.7. The predicted molar refractivity (Wildman–Crippen MR) is 126 cm³/mol. The Hall–Kier alpha value is -2.77. The minimum Gasteiger partial charge on any atom is -0.497 e. The van der Waals surface area contributed by atoms with Gasteiger partial charge in [0.15, 0.2) is 0 Å². The van der Waals surface area contributed by atoms with Crippen LogP contribution in [0.15, 0.2) is 54.6 Å². The number of carbonyl (C=O) groups excluding carboxylic acids is 2. The van der Waals surface area contributed by atoms with Crippen molar-refractivity contribution in [3.63, 3.8) is 0 Å². The van der Waals surface area contributed by atoms with Gasteiger partial charge in [-0.3, -0.25) is 4.79 Å². The summed E-state index contributed by atoms with van der Waals surface area (Å²) in [6, 6.07) is 15.9. The van der Waals surface area contributed by atoms with Crippen LogP contribution in [0.2, 0.25) is 0 Å². The van der Waals surface area contributed by atoms with Crippen LogP contribution in [-0.4, -0.2) is 37.2 Å². The van der Waals surface area contributed by atoms with E-state index in [1.807, 2.05) is 54.6 Å². The molecule has 8 heteroatoms. The third kappa shape index (κ3) is 7.73. The monoisotopic (exact) mass is 461 g/mol. The van der Waals surface area contributed by atoms with E-state index in [1.165, 1.54) is 0 Å². The van der Waals surface area contributed by atoms with Gasteiger partial charge >= 0.3 is 6.09 Å². The van der Waals surface area contributed by atoms with E-state index in [0.29, 0.717) is 6.42 Å². The Labute approximate surface area is 195 Å². The summed E-state index contributed by atoms with van der Waals surface area (Å²) < 4.78 is 10.5. The Morgan fingerprint density at radius 2 is 1.72 bits per heavy atom. The van der Waals surface area contributed by atoms with Crippen molar-refractivity contribution in [1.82, 2.24) is 10.6 Å². The fraction of sp³-hybridized carbons (Fsp3) is 0.417. The van der Waals surface area contributed by atoms with Gasteiger partial charge < -0.3 is 25.8 Å². The zero-order valence-corrected chi connectivity index (χ0v) is 19.1. The van der Waals surface area contributed by atoms with Gasteiger partial charge in [-0.1, -0.05) is 55.3 Å². The van der Waals surface area contributed by atoms with Crippen molar-refractivity contribution in [2.75, 3.05) is 7.11 Å². The summed E-state index contributed by atoms with van der Waals surface area (Å²) in [5.41, 5.74) is 7.96. The molecule has 0 bridgehead atoms. The van der Waals surface area contributed by atoms with E-state index in [4.69, 9.17) is 15.2 Å². The van der Waals surface area contributed by atoms with Crippen molar-refractivity contribution in [3.05, 3.63) is 65.7 Å². The highest BCUT2D eigenvalue weighted by Crippen LogP contribution is 2.18. The SMILES string of the molecule is COc1ccc(C[C@H](NC(=O)OCc2ccccc2)C(=O)NC2CCCCC2N)cc1.Cl. The molecule has 0 aliphatic heterocycles. The predicted octanol–water partition coefficient (Wildman–Crippen LogP) is 3.34. The maximum atomic E-state index is 13.0. The maximum absolute atomic E-state index is 13.0. The van der Waals surface area contributed by atoms with Crippen LogP contribution in [0.25, 0.3) is 0 Å². The summed E-state index contributed by atoms with van der Waals surface area (Å²) in [4.78, 5) is 25.5. The van der Waals surface area contributed by atoms with E-state index >= 15 is 0 Å². The Morgan fingerprint density at radius 3 is 2.38 bits per heavy atom. The topological polar surface area (TPSA) is 103 Å². The summed E-state index contributed by atoms with van der Waals surface area (Å²) in [5, 5.41) is 5.76. The summed E-state index contributed by atoms with van der Waals surface area (Å²) in [7, 11) is 1.60. The minimum absolute atomic E-state index is 0. The lowest BCUT2D eigenvalue weighted by Gasteiger charge is -2.31. The Balaban J connectivity index is 0.00000363. The van der Waals surface area contributed by atoms with Crippen LogP contribution in [0.1, 0.15) is 36.8 Å². The van der Waals surface area contributed by atoms with E-state index in [-0.39, 0.29) is 37.0 Å². The van der Waals surface area contributed by atoms with Crippen molar-refractivity contribution in [3.8, 4) is 5.75 Å². The molecule has 3 rings (SSSR count). The average molecular weight is 462 g/mol. The van der Waals surface area contributed by atoms with Gasteiger partial charge in [-0.2, -0.15) is 0 Å². The van der Waals surface area contributed by atoms with E-state index in [9.17, 15) is 9.59 Å². The first-order chi connectivity index (χ1) is 15.0. The van der Waals surface area contributed by atoms with Gasteiger partial charge in [0.1, 0.15) is 18.4 Å². The number of nitrogens with one attached hydrogen (secondary N) is 2. The third-order valence-corrected chi connectivity index (χ3v) is 5.57. The maximum Gasteiger partial charge on any atom is 0.408 e. The lowest BCUT2D eigenvalue weighted by molar-refractivity contribution is -0.124. The number of benzene rings is 2. The molecule has 0 spiro atoms. The Kier molecular flexibility index (Phi) is 10.3. The van der Waals surface area contributed by atoms with Gasteiger partial charge in [0, 0.05) is 18.5 Å². The van der Waals surface area contributed by atoms with Gasteiger partial charge in [-0.05, 0) is 36.1 Å². The van der Waals surface area contributed by atoms with Crippen molar-refractivity contribution in [2.24, 2.45) is 5.73 Å². The number of rotatable bonds is 8. The van der Waals surface area contributed by atoms with Crippen LogP contribution in [0.3, 0.4) is 0 Å². The number of amides is 2. The van der Waals surface area contributed by atoms with Crippen molar-refractivity contribution in [1.29, 1.82) is 0 Å². The van der Waals surface area contributed by atoms with E-state index in [2.05, 4.69) is 10.6 Å². The molecule has 2 unspecified atom stereocenters. The highest BCUT2D eigenvalue weighted by Gasteiger charge is 2.28. The number of carbonyl (C=O) groups is 2. The standard InChI is InChI=1S/C24H31N3O4.ClH/c1-30-19-13-11-17(12-14-19)15-22(23(28)26-21-10-6-5-9-20(21)25)27-24(29)31-16-18-7-3-2-4-8-18;/h2-4,7-8,11-14,20-22H,5-6,9-10,15-16,25H2,1H3,(H,26,28)(H,27,29);1H/t20?,21?,22-;/m0./s1. The molecule has 2 amide bonds. The molecule has 32 heavy (non-hydrogen) atoms. The van der Waals surface area contributed by atoms with Crippen molar-refractivity contribution < 1.29 is 19.1 Å². The second-order valence-corrected chi connectivity index (χ2v) is 7.87. The fourth-order valence-corrected chi connectivity index (χ4v) is 3.74. The second-order valence-electron chi connectivity index (χ2n) is 7.87. The number of ether oxygens (including phenoxy) is 2. The molecule has 2 aromatic rings. The van der Waals surface area contributed by atoms with Crippen LogP contribution in [0, 0.1) is 0 Å². The summed E-state index contributed by atoms with van der Waals surface area (Å²) in [6.45, 7) is 0.136. The smallest absolute Gasteiger partial charge is 0.408 e. The zero-order chi connectivity index (χ0) is 22.1. The number of nitrogens with two attached hydrogens (primary N) is 1. The Bertz CT molecular complexity index is 848. The molecule has 3 atom stereocenters. The molecule has 174 valence electrons. The molecule has 0 aromatic heterocycles. The van der Waals surface area contributed by atoms with Crippen LogP contribution in [0.4, 0.5) is 4.79 Å². The third-order valence-electron chi connectivity index (χ3n) is 5.57. The van der Waals surface area contributed by atoms with Crippen LogP contribution in [-0.2, 0) is 22.6 Å². The lowest BCUT2D eigenvalue weighted by atomic mass is 9.90. The minimum atomic E-state index is -0.772. The molecule has 1 aliphatic carbocycles. The van der Waals surface area contributed by atoms with Gasteiger partial charge in [-0.15, -0.1) is 12.4 Å². The fourth-order valence-electron chi connectivity index (χ4n) is 3.74. The highest BCUT2D eigenvalue weighted by molar-refractivity contribution is 5.86. The molecule has 1 fully saturated rings. The average Bonchev–Trinajstić information content (AvgIpc) is 2.80. The van der Waals surface area contributed by atoms with Gasteiger partial charge in [-0.25, -0.2) is 4.79 Å².